The maximum absolute atomic E-state index is 14.9. The van der Waals surface area contributed by atoms with Gasteiger partial charge < -0.3 is 9.05 Å². The highest BCUT2D eigenvalue weighted by atomic mass is 31.2. The van der Waals surface area contributed by atoms with Gasteiger partial charge in [0, 0.05) is 17.3 Å². The predicted octanol–water partition coefficient (Wildman–Crippen LogP) is 7.00. The van der Waals surface area contributed by atoms with E-state index in [-0.39, 0.29) is 17.3 Å². The van der Waals surface area contributed by atoms with Crippen LogP contribution in [0.4, 0.5) is 0 Å². The number of allylic oxidation sites excluding steroid dienone is 1. The van der Waals surface area contributed by atoms with Crippen molar-refractivity contribution in [3.05, 3.63) is 119 Å². The Morgan fingerprint density at radius 2 is 1.25 bits per heavy atom. The summed E-state index contributed by atoms with van der Waals surface area (Å²) in [5.74, 6) is -0.248. The Morgan fingerprint density at radius 1 is 0.781 bits per heavy atom. The monoisotopic (exact) mass is 442 g/mol. The van der Waals surface area contributed by atoms with Crippen molar-refractivity contribution in [3.8, 4) is 0 Å². The van der Waals surface area contributed by atoms with Crippen LogP contribution < -0.4 is 0 Å². The molecule has 0 saturated carbocycles. The third kappa shape index (κ3) is 2.48. The number of fused-ring (bicyclic) bond motifs is 1. The molecule has 162 valence electrons. The van der Waals surface area contributed by atoms with Gasteiger partial charge in [-0.1, -0.05) is 99.3 Å². The second-order valence-electron chi connectivity index (χ2n) is 9.99. The molecule has 0 aromatic heterocycles. The van der Waals surface area contributed by atoms with Gasteiger partial charge in [-0.25, -0.2) is 0 Å². The smallest absolute Gasteiger partial charge is 0.307 e. The van der Waals surface area contributed by atoms with Gasteiger partial charge in [-0.3, -0.25) is 4.57 Å². The van der Waals surface area contributed by atoms with Crippen LogP contribution in [0, 0.1) is 5.41 Å². The molecule has 0 unspecified atom stereocenters. The van der Waals surface area contributed by atoms with E-state index in [4.69, 9.17) is 9.05 Å². The first-order chi connectivity index (χ1) is 15.4. The zero-order valence-electron chi connectivity index (χ0n) is 18.5. The van der Waals surface area contributed by atoms with Gasteiger partial charge in [0.15, 0.2) is 0 Å². The SMILES string of the molecule is C=C1C2c3ccccc3C(c3ccccc32)[C@]1(c1ccccc1)P1(=O)OCC(C)(C)CO1. The van der Waals surface area contributed by atoms with E-state index in [1.807, 2.05) is 18.2 Å². The average molecular weight is 442 g/mol. The number of hydrogen-bond acceptors (Lipinski definition) is 3. The van der Waals surface area contributed by atoms with Crippen LogP contribution in [0.2, 0.25) is 0 Å². The summed E-state index contributed by atoms with van der Waals surface area (Å²) in [4.78, 5) is 0. The van der Waals surface area contributed by atoms with Crippen molar-refractivity contribution in [3.63, 3.8) is 0 Å². The minimum Gasteiger partial charge on any atom is -0.307 e. The molecule has 4 heteroatoms. The molecule has 0 spiro atoms. The number of hydrogen-bond donors (Lipinski definition) is 0. The third-order valence-electron chi connectivity index (χ3n) is 7.39. The van der Waals surface area contributed by atoms with Gasteiger partial charge in [0.1, 0.15) is 5.16 Å². The van der Waals surface area contributed by atoms with Crippen molar-refractivity contribution in [2.24, 2.45) is 5.41 Å². The quantitative estimate of drug-likeness (QED) is 0.317. The Bertz CT molecular complexity index is 1220. The van der Waals surface area contributed by atoms with Crippen LogP contribution >= 0.6 is 7.60 Å². The largest absolute Gasteiger partial charge is 0.346 e. The summed E-state index contributed by atoms with van der Waals surface area (Å²) >= 11 is 0. The molecule has 3 nitrogen and oxygen atoms in total. The Balaban J connectivity index is 1.70. The first kappa shape index (κ1) is 20.2. The van der Waals surface area contributed by atoms with Crippen LogP contribution in [-0.4, -0.2) is 13.2 Å². The molecule has 3 aromatic rings. The fraction of sp³-hybridized carbons (Fsp3) is 0.286. The summed E-state index contributed by atoms with van der Waals surface area (Å²) in [5.41, 5.74) is 6.56. The number of rotatable bonds is 2. The van der Waals surface area contributed by atoms with E-state index in [1.54, 1.807) is 0 Å². The summed E-state index contributed by atoms with van der Waals surface area (Å²) in [7, 11) is -3.63. The standard InChI is InChI=1S/C28H27O3P/c1-19-25-21-13-7-9-15-23(21)26(24-16-10-8-14-22(24)25)28(19,20-11-5-4-6-12-20)32(29)30-17-27(2,3)18-31-32/h4-16,25-26H,1,17-18H2,2-3H3/t25?,26?,28-/m0/s1. The van der Waals surface area contributed by atoms with Crippen LogP contribution in [0.5, 0.6) is 0 Å². The van der Waals surface area contributed by atoms with E-state index in [0.717, 1.165) is 11.1 Å². The first-order valence-corrected chi connectivity index (χ1v) is 12.7. The summed E-state index contributed by atoms with van der Waals surface area (Å²) < 4.78 is 27.5. The van der Waals surface area contributed by atoms with Crippen molar-refractivity contribution in [1.82, 2.24) is 0 Å². The van der Waals surface area contributed by atoms with Crippen molar-refractivity contribution in [2.75, 3.05) is 13.2 Å². The maximum Gasteiger partial charge on any atom is 0.346 e. The second kappa shape index (κ2) is 6.78. The highest BCUT2D eigenvalue weighted by Gasteiger charge is 2.67. The fourth-order valence-corrected chi connectivity index (χ4v) is 9.04. The van der Waals surface area contributed by atoms with E-state index in [2.05, 4.69) is 81.1 Å². The molecule has 0 amide bonds. The van der Waals surface area contributed by atoms with Crippen LogP contribution in [0.15, 0.2) is 91.0 Å². The molecule has 1 heterocycles. The molecule has 0 N–H and O–H groups in total. The molecule has 0 radical (unpaired) electrons. The molecule has 1 atom stereocenters. The van der Waals surface area contributed by atoms with Crippen LogP contribution in [0.3, 0.4) is 0 Å². The minimum atomic E-state index is -3.63. The van der Waals surface area contributed by atoms with Crippen LogP contribution in [0.25, 0.3) is 0 Å². The van der Waals surface area contributed by atoms with Crippen molar-refractivity contribution in [2.45, 2.75) is 30.8 Å². The molecule has 2 bridgehead atoms. The molecular formula is C28H27O3P. The van der Waals surface area contributed by atoms with Crippen molar-refractivity contribution in [1.29, 1.82) is 0 Å². The summed E-state index contributed by atoms with van der Waals surface area (Å²) in [5, 5.41) is -0.974. The topological polar surface area (TPSA) is 35.5 Å². The molecule has 3 aliphatic carbocycles. The molecule has 1 fully saturated rings. The number of benzene rings is 3. The normalized spacial score (nSPS) is 29.2. The minimum absolute atomic E-state index is 0.0550. The van der Waals surface area contributed by atoms with Crippen LogP contribution in [0.1, 0.15) is 53.5 Å². The van der Waals surface area contributed by atoms with Gasteiger partial charge in [-0.15, -0.1) is 0 Å². The lowest BCUT2D eigenvalue weighted by Gasteiger charge is -2.57. The second-order valence-corrected chi connectivity index (χ2v) is 12.2. The van der Waals surface area contributed by atoms with Gasteiger partial charge in [0.05, 0.1) is 13.2 Å². The lowest BCUT2D eigenvalue weighted by atomic mass is 9.55. The highest BCUT2D eigenvalue weighted by molar-refractivity contribution is 7.55. The van der Waals surface area contributed by atoms with E-state index >= 15 is 0 Å². The predicted molar refractivity (Wildman–Crippen MR) is 127 cm³/mol. The van der Waals surface area contributed by atoms with Gasteiger partial charge in [0.2, 0.25) is 0 Å². The molecule has 1 aliphatic heterocycles. The Morgan fingerprint density at radius 3 is 1.78 bits per heavy atom. The molecule has 32 heavy (non-hydrogen) atoms. The van der Waals surface area contributed by atoms with Crippen LogP contribution in [-0.2, 0) is 18.8 Å². The third-order valence-corrected chi connectivity index (χ3v) is 9.99. The maximum atomic E-state index is 14.9. The average Bonchev–Trinajstić information content (AvgIpc) is 2.82. The molecule has 1 saturated heterocycles. The summed E-state index contributed by atoms with van der Waals surface area (Å²) in [6.45, 7) is 9.60. The Hall–Kier alpha value is -2.45. The lowest BCUT2D eigenvalue weighted by Crippen LogP contribution is -2.48. The van der Waals surface area contributed by atoms with Gasteiger partial charge >= 0.3 is 7.60 Å². The van der Waals surface area contributed by atoms with E-state index < -0.39 is 12.8 Å². The first-order valence-electron chi connectivity index (χ1n) is 11.2. The van der Waals surface area contributed by atoms with E-state index in [9.17, 15) is 4.57 Å². The molecule has 3 aromatic carbocycles. The van der Waals surface area contributed by atoms with E-state index in [1.165, 1.54) is 22.3 Å². The lowest BCUT2D eigenvalue weighted by molar-refractivity contribution is 0.0315. The highest BCUT2D eigenvalue weighted by Crippen LogP contribution is 2.80. The molecule has 4 aliphatic rings. The fourth-order valence-electron chi connectivity index (χ4n) is 5.98. The summed E-state index contributed by atoms with van der Waals surface area (Å²) in [6.07, 6.45) is 0. The van der Waals surface area contributed by atoms with Crippen molar-refractivity contribution < 1.29 is 13.6 Å². The van der Waals surface area contributed by atoms with Gasteiger partial charge in [-0.05, 0) is 33.4 Å². The Labute approximate surface area is 189 Å². The summed E-state index contributed by atoms with van der Waals surface area (Å²) in [6, 6.07) is 27.1. The molecular weight excluding hydrogens is 415 g/mol. The Kier molecular flexibility index (Phi) is 4.27. The van der Waals surface area contributed by atoms with Gasteiger partial charge in [0.25, 0.3) is 0 Å². The molecule has 7 rings (SSSR count). The zero-order valence-corrected chi connectivity index (χ0v) is 19.3. The van der Waals surface area contributed by atoms with E-state index in [0.29, 0.717) is 13.2 Å². The van der Waals surface area contributed by atoms with Crippen molar-refractivity contribution >= 4 is 7.60 Å². The zero-order chi connectivity index (χ0) is 22.1. The van der Waals surface area contributed by atoms with Gasteiger partial charge in [-0.2, -0.15) is 0 Å².